The molecule has 1 N–H and O–H groups in total. The van der Waals surface area contributed by atoms with E-state index >= 15 is 0 Å². The molecule has 3 nitrogen and oxygen atoms in total. The molecule has 0 unspecified atom stereocenters. The SMILES string of the molecule is CC[C@H](NS(=O)(=O)c1ccc(F)c(C)c1)c1ccc(C)cc1. The van der Waals surface area contributed by atoms with Gasteiger partial charge in [0.2, 0.25) is 10.0 Å². The van der Waals surface area contributed by atoms with Gasteiger partial charge >= 0.3 is 0 Å². The van der Waals surface area contributed by atoms with Gasteiger partial charge in [0, 0.05) is 6.04 Å². The molecule has 1 atom stereocenters. The lowest BCUT2D eigenvalue weighted by Gasteiger charge is -2.18. The van der Waals surface area contributed by atoms with Crippen LogP contribution >= 0.6 is 0 Å². The van der Waals surface area contributed by atoms with E-state index in [9.17, 15) is 12.8 Å². The monoisotopic (exact) mass is 321 g/mol. The topological polar surface area (TPSA) is 46.2 Å². The Hall–Kier alpha value is -1.72. The number of hydrogen-bond acceptors (Lipinski definition) is 2. The van der Waals surface area contributed by atoms with Crippen molar-refractivity contribution in [3.05, 3.63) is 65.0 Å². The van der Waals surface area contributed by atoms with Gasteiger partial charge in [0.15, 0.2) is 0 Å². The summed E-state index contributed by atoms with van der Waals surface area (Å²) in [5, 5.41) is 0. The van der Waals surface area contributed by atoms with E-state index in [0.717, 1.165) is 11.1 Å². The first-order chi connectivity index (χ1) is 10.3. The van der Waals surface area contributed by atoms with Crippen LogP contribution < -0.4 is 4.72 Å². The fourth-order valence-corrected chi connectivity index (χ4v) is 3.62. The van der Waals surface area contributed by atoms with Crippen LogP contribution in [0.2, 0.25) is 0 Å². The van der Waals surface area contributed by atoms with Crippen LogP contribution in [-0.2, 0) is 10.0 Å². The van der Waals surface area contributed by atoms with Crippen molar-refractivity contribution in [1.29, 1.82) is 0 Å². The van der Waals surface area contributed by atoms with E-state index in [2.05, 4.69) is 4.72 Å². The molecule has 0 aliphatic rings. The van der Waals surface area contributed by atoms with E-state index in [4.69, 9.17) is 0 Å². The number of halogens is 1. The summed E-state index contributed by atoms with van der Waals surface area (Å²) in [6.07, 6.45) is 0.627. The second-order valence-corrected chi connectivity index (χ2v) is 7.12. The van der Waals surface area contributed by atoms with E-state index in [1.165, 1.54) is 18.2 Å². The van der Waals surface area contributed by atoms with Crippen molar-refractivity contribution in [2.75, 3.05) is 0 Å². The first-order valence-corrected chi connectivity index (χ1v) is 8.67. The lowest BCUT2D eigenvalue weighted by atomic mass is 10.0. The zero-order chi connectivity index (χ0) is 16.3. The molecular weight excluding hydrogens is 301 g/mol. The van der Waals surface area contributed by atoms with Crippen LogP contribution in [0.4, 0.5) is 4.39 Å². The third kappa shape index (κ3) is 3.72. The van der Waals surface area contributed by atoms with E-state index in [1.807, 2.05) is 38.1 Å². The fraction of sp³-hybridized carbons (Fsp3) is 0.294. The van der Waals surface area contributed by atoms with Crippen LogP contribution in [0.1, 0.15) is 36.1 Å². The maximum atomic E-state index is 13.3. The Labute approximate surface area is 131 Å². The second-order valence-electron chi connectivity index (χ2n) is 5.40. The zero-order valence-electron chi connectivity index (χ0n) is 12.9. The molecule has 0 aromatic heterocycles. The number of benzene rings is 2. The highest BCUT2D eigenvalue weighted by Crippen LogP contribution is 2.21. The molecule has 5 heteroatoms. The summed E-state index contributed by atoms with van der Waals surface area (Å²) < 4.78 is 40.9. The molecule has 2 aromatic carbocycles. The van der Waals surface area contributed by atoms with Gasteiger partial charge in [0.05, 0.1) is 4.90 Å². The molecule has 0 radical (unpaired) electrons. The molecule has 118 valence electrons. The lowest BCUT2D eigenvalue weighted by molar-refractivity contribution is 0.549. The van der Waals surface area contributed by atoms with E-state index < -0.39 is 15.8 Å². The Balaban J connectivity index is 2.29. The van der Waals surface area contributed by atoms with E-state index in [0.29, 0.717) is 12.0 Å². The minimum atomic E-state index is -3.69. The summed E-state index contributed by atoms with van der Waals surface area (Å²) in [6.45, 7) is 5.45. The quantitative estimate of drug-likeness (QED) is 0.908. The van der Waals surface area contributed by atoms with Crippen molar-refractivity contribution in [1.82, 2.24) is 4.72 Å². The second kappa shape index (κ2) is 6.58. The van der Waals surface area contributed by atoms with Crippen molar-refractivity contribution in [3.63, 3.8) is 0 Å². The summed E-state index contributed by atoms with van der Waals surface area (Å²) in [6, 6.07) is 11.2. The maximum Gasteiger partial charge on any atom is 0.241 e. The molecule has 0 aliphatic carbocycles. The summed E-state index contributed by atoms with van der Waals surface area (Å²) >= 11 is 0. The Morgan fingerprint density at radius 3 is 2.27 bits per heavy atom. The van der Waals surface area contributed by atoms with Crippen molar-refractivity contribution >= 4 is 10.0 Å². The van der Waals surface area contributed by atoms with Crippen LogP contribution in [0, 0.1) is 19.7 Å². The third-order valence-electron chi connectivity index (χ3n) is 3.63. The highest BCUT2D eigenvalue weighted by molar-refractivity contribution is 7.89. The average molecular weight is 321 g/mol. The number of rotatable bonds is 5. The normalized spacial score (nSPS) is 13.1. The van der Waals surface area contributed by atoms with Crippen LogP contribution in [0.25, 0.3) is 0 Å². The number of aryl methyl sites for hydroxylation is 2. The summed E-state index contributed by atoms with van der Waals surface area (Å²) in [5.41, 5.74) is 2.34. The van der Waals surface area contributed by atoms with Gasteiger partial charge < -0.3 is 0 Å². The predicted molar refractivity (Wildman–Crippen MR) is 85.7 cm³/mol. The van der Waals surface area contributed by atoms with Gasteiger partial charge in [0.1, 0.15) is 5.82 Å². The van der Waals surface area contributed by atoms with Crippen LogP contribution in [0.5, 0.6) is 0 Å². The Morgan fingerprint density at radius 2 is 1.73 bits per heavy atom. The van der Waals surface area contributed by atoms with Gasteiger partial charge in [-0.15, -0.1) is 0 Å². The molecule has 0 saturated heterocycles. The first kappa shape index (κ1) is 16.6. The van der Waals surface area contributed by atoms with E-state index in [-0.39, 0.29) is 10.9 Å². The molecule has 0 fully saturated rings. The fourth-order valence-electron chi connectivity index (χ4n) is 2.23. The zero-order valence-corrected chi connectivity index (χ0v) is 13.7. The average Bonchev–Trinajstić information content (AvgIpc) is 2.48. The van der Waals surface area contributed by atoms with Crippen molar-refractivity contribution in [3.8, 4) is 0 Å². The van der Waals surface area contributed by atoms with Gasteiger partial charge in [-0.05, 0) is 49.6 Å². The molecule has 0 amide bonds. The molecule has 2 aromatic rings. The smallest absolute Gasteiger partial charge is 0.207 e. The van der Waals surface area contributed by atoms with E-state index in [1.54, 1.807) is 6.92 Å². The van der Waals surface area contributed by atoms with Crippen LogP contribution in [0.3, 0.4) is 0 Å². The van der Waals surface area contributed by atoms with Gasteiger partial charge in [0.25, 0.3) is 0 Å². The molecule has 22 heavy (non-hydrogen) atoms. The predicted octanol–water partition coefficient (Wildman–Crippen LogP) is 3.87. The van der Waals surface area contributed by atoms with Crippen molar-refractivity contribution in [2.24, 2.45) is 0 Å². The Bertz CT molecular complexity index is 755. The maximum absolute atomic E-state index is 13.3. The Kier molecular flexibility index (Phi) is 4.98. The van der Waals surface area contributed by atoms with Gasteiger partial charge in [-0.2, -0.15) is 0 Å². The molecule has 0 saturated carbocycles. The largest absolute Gasteiger partial charge is 0.241 e. The third-order valence-corrected chi connectivity index (χ3v) is 5.09. The molecule has 0 spiro atoms. The first-order valence-electron chi connectivity index (χ1n) is 7.18. The van der Waals surface area contributed by atoms with Crippen LogP contribution in [0.15, 0.2) is 47.4 Å². The van der Waals surface area contributed by atoms with Crippen molar-refractivity contribution in [2.45, 2.75) is 38.1 Å². The Morgan fingerprint density at radius 1 is 1.09 bits per heavy atom. The van der Waals surface area contributed by atoms with Gasteiger partial charge in [-0.25, -0.2) is 17.5 Å². The van der Waals surface area contributed by atoms with Crippen molar-refractivity contribution < 1.29 is 12.8 Å². The highest BCUT2D eigenvalue weighted by atomic mass is 32.2. The minimum absolute atomic E-state index is 0.0805. The molecule has 0 heterocycles. The number of sulfonamides is 1. The molecule has 2 rings (SSSR count). The lowest BCUT2D eigenvalue weighted by Crippen LogP contribution is -2.28. The molecule has 0 aliphatic heterocycles. The summed E-state index contributed by atoms with van der Waals surface area (Å²) in [7, 11) is -3.69. The number of nitrogens with one attached hydrogen (secondary N) is 1. The summed E-state index contributed by atoms with van der Waals surface area (Å²) in [4.78, 5) is 0.0805. The molecular formula is C17H20FNO2S. The summed E-state index contributed by atoms with van der Waals surface area (Å²) in [5.74, 6) is -0.412. The van der Waals surface area contributed by atoms with Gasteiger partial charge in [-0.1, -0.05) is 36.8 Å². The number of hydrogen-bond donors (Lipinski definition) is 1. The standard InChI is InChI=1S/C17H20FNO2S/c1-4-17(14-7-5-12(2)6-8-14)19-22(20,21)15-9-10-16(18)13(3)11-15/h5-11,17,19H,4H2,1-3H3/t17-/m0/s1. The van der Waals surface area contributed by atoms with Gasteiger partial charge in [-0.3, -0.25) is 0 Å². The molecule has 0 bridgehead atoms. The highest BCUT2D eigenvalue weighted by Gasteiger charge is 2.20. The van der Waals surface area contributed by atoms with Crippen LogP contribution in [-0.4, -0.2) is 8.42 Å². The minimum Gasteiger partial charge on any atom is -0.207 e.